The molecule has 2 rings (SSSR count). The molecule has 5 nitrogen and oxygen atoms in total. The molecule has 1 aromatic heterocycles. The minimum Gasteiger partial charge on any atom is -0.308 e. The van der Waals surface area contributed by atoms with Gasteiger partial charge in [-0.3, -0.25) is 4.90 Å². The summed E-state index contributed by atoms with van der Waals surface area (Å²) < 4.78 is 27.7. The van der Waals surface area contributed by atoms with Gasteiger partial charge in [0.2, 0.25) is 0 Å². The zero-order valence-electron chi connectivity index (χ0n) is 11.7. The van der Waals surface area contributed by atoms with Crippen LogP contribution < -0.4 is 0 Å². The fraction of sp³-hybridized carbons (Fsp3) is 0.667. The maximum absolute atomic E-state index is 12.5. The molecule has 1 aliphatic rings. The average molecular weight is 382 g/mol. The number of thiophene rings is 1. The highest BCUT2D eigenvalue weighted by molar-refractivity contribution is 9.10. The van der Waals surface area contributed by atoms with E-state index in [1.54, 1.807) is 15.8 Å². The lowest BCUT2D eigenvalue weighted by Gasteiger charge is -2.34. The summed E-state index contributed by atoms with van der Waals surface area (Å²) in [5.74, 6) is 0. The number of likely N-dealkylation sites (N-methyl/N-ethyl adjacent to an activating group) is 1. The Hall–Kier alpha value is 0.01000. The van der Waals surface area contributed by atoms with Crippen molar-refractivity contribution in [2.75, 3.05) is 53.4 Å². The lowest BCUT2D eigenvalue weighted by Crippen LogP contribution is -2.49. The van der Waals surface area contributed by atoms with Crippen molar-refractivity contribution < 1.29 is 8.42 Å². The van der Waals surface area contributed by atoms with Crippen LogP contribution in [0.5, 0.6) is 0 Å². The largest absolute Gasteiger partial charge is 0.308 e. The van der Waals surface area contributed by atoms with Gasteiger partial charge in [0.1, 0.15) is 4.21 Å². The second-order valence-corrected chi connectivity index (χ2v) is 9.01. The van der Waals surface area contributed by atoms with Crippen molar-refractivity contribution in [3.05, 3.63) is 15.9 Å². The quantitative estimate of drug-likeness (QED) is 0.772. The van der Waals surface area contributed by atoms with E-state index in [1.807, 2.05) is 0 Å². The Morgan fingerprint density at radius 1 is 1.30 bits per heavy atom. The predicted molar refractivity (Wildman–Crippen MR) is 85.8 cm³/mol. The number of hydrogen-bond donors (Lipinski definition) is 0. The van der Waals surface area contributed by atoms with Crippen LogP contribution in [-0.4, -0.2) is 75.9 Å². The van der Waals surface area contributed by atoms with Crippen LogP contribution in [0.3, 0.4) is 0 Å². The van der Waals surface area contributed by atoms with Gasteiger partial charge in [-0.05, 0) is 41.5 Å². The van der Waals surface area contributed by atoms with E-state index < -0.39 is 10.0 Å². The third kappa shape index (κ3) is 3.80. The van der Waals surface area contributed by atoms with Gasteiger partial charge >= 0.3 is 0 Å². The topological polar surface area (TPSA) is 43.9 Å². The molecule has 0 spiro atoms. The van der Waals surface area contributed by atoms with E-state index in [4.69, 9.17) is 0 Å². The van der Waals surface area contributed by atoms with E-state index in [2.05, 4.69) is 39.8 Å². The molecule has 0 atom stereocenters. The van der Waals surface area contributed by atoms with Crippen molar-refractivity contribution in [1.29, 1.82) is 0 Å². The maximum Gasteiger partial charge on any atom is 0.253 e. The molecular formula is C12H20BrN3O2S2. The molecule has 1 fully saturated rings. The molecule has 0 aliphatic carbocycles. The summed E-state index contributed by atoms with van der Waals surface area (Å²) in [5, 5.41) is 1.80. The second kappa shape index (κ2) is 6.85. The fourth-order valence-corrected chi connectivity index (χ4v) is 5.99. The summed E-state index contributed by atoms with van der Waals surface area (Å²) in [6.07, 6.45) is 0. The number of nitrogens with zero attached hydrogens (tertiary/aromatic N) is 3. The van der Waals surface area contributed by atoms with Gasteiger partial charge < -0.3 is 4.90 Å². The number of rotatable bonds is 5. The summed E-state index contributed by atoms with van der Waals surface area (Å²) in [4.78, 5) is 4.46. The molecule has 1 aromatic rings. The summed E-state index contributed by atoms with van der Waals surface area (Å²) in [7, 11) is 0.765. The Bertz CT molecular complexity index is 537. The first-order valence-corrected chi connectivity index (χ1v) is 9.63. The second-order valence-electron chi connectivity index (χ2n) is 5.10. The molecule has 20 heavy (non-hydrogen) atoms. The van der Waals surface area contributed by atoms with Gasteiger partial charge in [0.05, 0.1) is 0 Å². The van der Waals surface area contributed by atoms with Gasteiger partial charge in [-0.25, -0.2) is 8.42 Å². The first-order valence-electron chi connectivity index (χ1n) is 6.51. The Morgan fingerprint density at radius 2 is 1.95 bits per heavy atom. The van der Waals surface area contributed by atoms with E-state index in [-0.39, 0.29) is 0 Å². The van der Waals surface area contributed by atoms with Crippen LogP contribution >= 0.6 is 27.3 Å². The first kappa shape index (κ1) is 16.4. The van der Waals surface area contributed by atoms with Crippen molar-refractivity contribution in [3.63, 3.8) is 0 Å². The third-order valence-corrected chi connectivity index (χ3v) is 7.90. The maximum atomic E-state index is 12.5. The third-order valence-electron chi connectivity index (χ3n) is 3.35. The fourth-order valence-electron chi connectivity index (χ4n) is 2.12. The van der Waals surface area contributed by atoms with Crippen LogP contribution in [0.1, 0.15) is 0 Å². The minimum absolute atomic E-state index is 0.416. The minimum atomic E-state index is -3.34. The molecule has 1 saturated heterocycles. The highest BCUT2D eigenvalue weighted by atomic mass is 79.9. The van der Waals surface area contributed by atoms with E-state index in [1.165, 1.54) is 11.3 Å². The standard InChI is InChI=1S/C12H20BrN3O2S2/c1-14(2)4-5-15-6-8-16(9-7-15)20(17,18)12-11(13)3-10-19-12/h3,10H,4-9H2,1-2H3. The Morgan fingerprint density at radius 3 is 2.45 bits per heavy atom. The monoisotopic (exact) mass is 381 g/mol. The number of sulfonamides is 1. The molecule has 0 unspecified atom stereocenters. The molecule has 8 heteroatoms. The van der Waals surface area contributed by atoms with Crippen LogP contribution in [0.2, 0.25) is 0 Å². The molecule has 1 aliphatic heterocycles. The van der Waals surface area contributed by atoms with Crippen molar-refractivity contribution in [1.82, 2.24) is 14.1 Å². The summed E-state index contributed by atoms with van der Waals surface area (Å²) >= 11 is 4.58. The number of halogens is 1. The average Bonchev–Trinajstić information content (AvgIpc) is 2.84. The Labute approximate surface area is 133 Å². The van der Waals surface area contributed by atoms with Crippen molar-refractivity contribution in [2.24, 2.45) is 0 Å². The molecule has 0 radical (unpaired) electrons. The molecule has 114 valence electrons. The van der Waals surface area contributed by atoms with Crippen molar-refractivity contribution in [3.8, 4) is 0 Å². The van der Waals surface area contributed by atoms with E-state index in [0.717, 1.165) is 26.2 Å². The molecule has 0 saturated carbocycles. The lowest BCUT2D eigenvalue weighted by atomic mass is 10.3. The van der Waals surface area contributed by atoms with E-state index >= 15 is 0 Å². The molecule has 0 aromatic carbocycles. The highest BCUT2D eigenvalue weighted by Crippen LogP contribution is 2.30. The normalized spacial score (nSPS) is 18.8. The highest BCUT2D eigenvalue weighted by Gasteiger charge is 2.30. The van der Waals surface area contributed by atoms with Crippen molar-refractivity contribution >= 4 is 37.3 Å². The van der Waals surface area contributed by atoms with Crippen LogP contribution in [0.4, 0.5) is 0 Å². The zero-order valence-corrected chi connectivity index (χ0v) is 15.0. The van der Waals surface area contributed by atoms with Gasteiger partial charge in [-0.2, -0.15) is 4.31 Å². The SMILES string of the molecule is CN(C)CCN1CCN(S(=O)(=O)c2sccc2Br)CC1. The van der Waals surface area contributed by atoms with Gasteiger partial charge in [-0.1, -0.05) is 0 Å². The number of hydrogen-bond acceptors (Lipinski definition) is 5. The zero-order chi connectivity index (χ0) is 14.8. The van der Waals surface area contributed by atoms with Crippen molar-refractivity contribution in [2.45, 2.75) is 4.21 Å². The van der Waals surface area contributed by atoms with E-state index in [9.17, 15) is 8.42 Å². The van der Waals surface area contributed by atoms with Gasteiger partial charge in [0.15, 0.2) is 0 Å². The molecular weight excluding hydrogens is 362 g/mol. The Kier molecular flexibility index (Phi) is 5.61. The van der Waals surface area contributed by atoms with Crippen LogP contribution in [0, 0.1) is 0 Å². The lowest BCUT2D eigenvalue weighted by molar-refractivity contribution is 0.175. The predicted octanol–water partition coefficient (Wildman–Crippen LogP) is 1.38. The number of piperazine rings is 1. The summed E-state index contributed by atoms with van der Waals surface area (Å²) in [6.45, 7) is 4.74. The molecule has 0 amide bonds. The molecule has 0 bridgehead atoms. The van der Waals surface area contributed by atoms with E-state index in [0.29, 0.717) is 21.8 Å². The van der Waals surface area contributed by atoms with Crippen LogP contribution in [0.15, 0.2) is 20.1 Å². The van der Waals surface area contributed by atoms with Gasteiger partial charge in [0.25, 0.3) is 10.0 Å². The smallest absolute Gasteiger partial charge is 0.253 e. The van der Waals surface area contributed by atoms with Crippen LogP contribution in [0.25, 0.3) is 0 Å². The molecule has 2 heterocycles. The summed E-state index contributed by atoms with van der Waals surface area (Å²) in [5.41, 5.74) is 0. The first-order chi connectivity index (χ1) is 9.41. The van der Waals surface area contributed by atoms with Gasteiger partial charge in [-0.15, -0.1) is 11.3 Å². The Balaban J connectivity index is 1.95. The molecule has 0 N–H and O–H groups in total. The summed E-state index contributed by atoms with van der Waals surface area (Å²) in [6, 6.07) is 1.78. The van der Waals surface area contributed by atoms with Gasteiger partial charge in [0, 0.05) is 43.7 Å². The van der Waals surface area contributed by atoms with Crippen LogP contribution in [-0.2, 0) is 10.0 Å².